The highest BCUT2D eigenvalue weighted by Crippen LogP contribution is 2.18. The standard InChI is InChI=1S/C18H26N2O2/c1-2-14(8-6-12-21)18(22)19-11-5-7-15-13-20-17-10-4-3-9-16(15)17/h3-4,9-10,13-14,20-21H,2,5-8,11-12H2,1H3,(H,19,22). The molecule has 120 valence electrons. The van der Waals surface area contributed by atoms with Crippen molar-refractivity contribution in [3.8, 4) is 0 Å². The Labute approximate surface area is 131 Å². The van der Waals surface area contributed by atoms with E-state index in [1.807, 2.05) is 13.0 Å². The minimum absolute atomic E-state index is 0.0280. The zero-order valence-corrected chi connectivity index (χ0v) is 13.3. The molecule has 0 saturated heterocycles. The van der Waals surface area contributed by atoms with E-state index in [9.17, 15) is 4.79 Å². The minimum Gasteiger partial charge on any atom is -0.396 e. The number of fused-ring (bicyclic) bond motifs is 1. The van der Waals surface area contributed by atoms with Gasteiger partial charge >= 0.3 is 0 Å². The minimum atomic E-state index is 0.0280. The zero-order valence-electron chi connectivity index (χ0n) is 13.3. The second kappa shape index (κ2) is 8.59. The second-order valence-corrected chi connectivity index (χ2v) is 5.73. The van der Waals surface area contributed by atoms with Crippen molar-refractivity contribution < 1.29 is 9.90 Å². The molecule has 1 atom stereocenters. The number of aliphatic hydroxyl groups excluding tert-OH is 1. The van der Waals surface area contributed by atoms with Crippen molar-refractivity contribution in [1.29, 1.82) is 0 Å². The van der Waals surface area contributed by atoms with Crippen molar-refractivity contribution in [3.63, 3.8) is 0 Å². The van der Waals surface area contributed by atoms with Crippen LogP contribution in [-0.4, -0.2) is 29.1 Å². The van der Waals surface area contributed by atoms with Crippen LogP contribution in [0.5, 0.6) is 0 Å². The Morgan fingerprint density at radius 3 is 2.91 bits per heavy atom. The molecule has 0 aliphatic rings. The average Bonchev–Trinajstić information content (AvgIpc) is 2.95. The Morgan fingerprint density at radius 2 is 2.14 bits per heavy atom. The number of carbonyl (C=O) groups excluding carboxylic acids is 1. The molecule has 3 N–H and O–H groups in total. The van der Waals surface area contributed by atoms with Crippen molar-refractivity contribution in [2.45, 2.75) is 39.0 Å². The van der Waals surface area contributed by atoms with Crippen LogP contribution < -0.4 is 5.32 Å². The lowest BCUT2D eigenvalue weighted by Crippen LogP contribution is -2.31. The van der Waals surface area contributed by atoms with Crippen LogP contribution >= 0.6 is 0 Å². The number of aliphatic hydroxyl groups is 1. The van der Waals surface area contributed by atoms with Crippen LogP contribution in [0, 0.1) is 5.92 Å². The molecule has 0 bridgehead atoms. The second-order valence-electron chi connectivity index (χ2n) is 5.73. The van der Waals surface area contributed by atoms with E-state index in [0.717, 1.165) is 31.2 Å². The molecule has 0 saturated carbocycles. The zero-order chi connectivity index (χ0) is 15.8. The Kier molecular flexibility index (Phi) is 6.46. The van der Waals surface area contributed by atoms with Crippen molar-refractivity contribution in [2.75, 3.05) is 13.2 Å². The van der Waals surface area contributed by atoms with Crippen molar-refractivity contribution in [3.05, 3.63) is 36.0 Å². The normalized spacial score (nSPS) is 12.5. The number of rotatable bonds is 9. The predicted octanol–water partition coefficient (Wildman–Crippen LogP) is 3.02. The van der Waals surface area contributed by atoms with Gasteiger partial charge in [-0.05, 0) is 43.7 Å². The molecule has 2 aromatic rings. The fraction of sp³-hybridized carbons (Fsp3) is 0.500. The topological polar surface area (TPSA) is 65.1 Å². The van der Waals surface area contributed by atoms with E-state index in [-0.39, 0.29) is 18.4 Å². The number of nitrogens with one attached hydrogen (secondary N) is 2. The van der Waals surface area contributed by atoms with E-state index in [4.69, 9.17) is 5.11 Å². The summed E-state index contributed by atoms with van der Waals surface area (Å²) < 4.78 is 0. The average molecular weight is 302 g/mol. The molecule has 1 aromatic heterocycles. The van der Waals surface area contributed by atoms with Gasteiger partial charge in [0.25, 0.3) is 0 Å². The summed E-state index contributed by atoms with van der Waals surface area (Å²) in [5.74, 6) is 0.148. The number of carbonyl (C=O) groups is 1. The molecule has 0 fully saturated rings. The molecule has 4 heteroatoms. The largest absolute Gasteiger partial charge is 0.396 e. The van der Waals surface area contributed by atoms with Crippen LogP contribution in [0.2, 0.25) is 0 Å². The van der Waals surface area contributed by atoms with E-state index >= 15 is 0 Å². The summed E-state index contributed by atoms with van der Waals surface area (Å²) in [4.78, 5) is 15.3. The lowest BCUT2D eigenvalue weighted by molar-refractivity contribution is -0.125. The fourth-order valence-electron chi connectivity index (χ4n) is 2.83. The number of para-hydroxylation sites is 1. The van der Waals surface area contributed by atoms with Gasteiger partial charge in [-0.25, -0.2) is 0 Å². The molecular weight excluding hydrogens is 276 g/mol. The van der Waals surface area contributed by atoms with Gasteiger partial charge in [0.1, 0.15) is 0 Å². The van der Waals surface area contributed by atoms with Gasteiger partial charge in [-0.2, -0.15) is 0 Å². The molecule has 1 aromatic carbocycles. The quantitative estimate of drug-likeness (QED) is 0.623. The first-order valence-electron chi connectivity index (χ1n) is 8.19. The Morgan fingerprint density at radius 1 is 1.32 bits per heavy atom. The molecule has 1 unspecified atom stereocenters. The number of aromatic amines is 1. The number of amides is 1. The molecule has 0 aliphatic heterocycles. The number of hydrogen-bond donors (Lipinski definition) is 3. The van der Waals surface area contributed by atoms with Gasteiger partial charge in [0.15, 0.2) is 0 Å². The molecule has 0 aliphatic carbocycles. The maximum Gasteiger partial charge on any atom is 0.223 e. The number of H-pyrrole nitrogens is 1. The van der Waals surface area contributed by atoms with Gasteiger partial charge in [-0.3, -0.25) is 4.79 Å². The van der Waals surface area contributed by atoms with Gasteiger partial charge in [-0.15, -0.1) is 0 Å². The van der Waals surface area contributed by atoms with Gasteiger partial charge in [0, 0.05) is 36.2 Å². The third kappa shape index (κ3) is 4.34. The van der Waals surface area contributed by atoms with Crippen molar-refractivity contribution in [1.82, 2.24) is 10.3 Å². The number of benzene rings is 1. The molecular formula is C18H26N2O2. The molecule has 22 heavy (non-hydrogen) atoms. The Hall–Kier alpha value is -1.81. The lowest BCUT2D eigenvalue weighted by Gasteiger charge is -2.14. The van der Waals surface area contributed by atoms with E-state index in [1.54, 1.807) is 0 Å². The number of hydrogen-bond acceptors (Lipinski definition) is 2. The van der Waals surface area contributed by atoms with E-state index in [2.05, 4.69) is 34.7 Å². The van der Waals surface area contributed by atoms with Crippen LogP contribution in [0.1, 0.15) is 38.2 Å². The van der Waals surface area contributed by atoms with Crippen LogP contribution in [0.3, 0.4) is 0 Å². The van der Waals surface area contributed by atoms with Gasteiger partial charge < -0.3 is 15.4 Å². The first-order valence-corrected chi connectivity index (χ1v) is 8.19. The summed E-state index contributed by atoms with van der Waals surface area (Å²) in [7, 11) is 0. The van der Waals surface area contributed by atoms with Crippen molar-refractivity contribution in [2.24, 2.45) is 5.92 Å². The summed E-state index contributed by atoms with van der Waals surface area (Å²) in [6, 6.07) is 8.28. The van der Waals surface area contributed by atoms with E-state index in [1.165, 1.54) is 10.9 Å². The third-order valence-electron chi connectivity index (χ3n) is 4.17. The van der Waals surface area contributed by atoms with Crippen LogP contribution in [0.4, 0.5) is 0 Å². The monoisotopic (exact) mass is 302 g/mol. The molecule has 2 rings (SSSR count). The smallest absolute Gasteiger partial charge is 0.223 e. The maximum absolute atomic E-state index is 12.1. The predicted molar refractivity (Wildman–Crippen MR) is 89.7 cm³/mol. The van der Waals surface area contributed by atoms with Gasteiger partial charge in [-0.1, -0.05) is 25.1 Å². The summed E-state index contributed by atoms with van der Waals surface area (Å²) in [5, 5.41) is 13.2. The highest BCUT2D eigenvalue weighted by Gasteiger charge is 2.15. The van der Waals surface area contributed by atoms with Crippen LogP contribution in [0.15, 0.2) is 30.5 Å². The molecule has 0 spiro atoms. The number of aromatic nitrogens is 1. The highest BCUT2D eigenvalue weighted by atomic mass is 16.3. The van der Waals surface area contributed by atoms with E-state index in [0.29, 0.717) is 13.0 Å². The van der Waals surface area contributed by atoms with Gasteiger partial charge in [0.2, 0.25) is 5.91 Å². The Bertz CT molecular complexity index is 592. The van der Waals surface area contributed by atoms with Crippen LogP contribution in [-0.2, 0) is 11.2 Å². The summed E-state index contributed by atoms with van der Waals surface area (Å²) in [6.07, 6.45) is 6.24. The lowest BCUT2D eigenvalue weighted by atomic mass is 9.99. The molecule has 1 amide bonds. The first-order chi connectivity index (χ1) is 10.8. The Balaban J connectivity index is 1.75. The molecule has 1 heterocycles. The van der Waals surface area contributed by atoms with Gasteiger partial charge in [0.05, 0.1) is 0 Å². The maximum atomic E-state index is 12.1. The van der Waals surface area contributed by atoms with E-state index < -0.39 is 0 Å². The van der Waals surface area contributed by atoms with Crippen LogP contribution in [0.25, 0.3) is 10.9 Å². The molecule has 0 radical (unpaired) electrons. The number of aryl methyl sites for hydroxylation is 1. The summed E-state index contributed by atoms with van der Waals surface area (Å²) >= 11 is 0. The SMILES string of the molecule is CCC(CCCO)C(=O)NCCCc1c[nH]c2ccccc12. The summed E-state index contributed by atoms with van der Waals surface area (Å²) in [5.41, 5.74) is 2.47. The molecule has 4 nitrogen and oxygen atoms in total. The summed E-state index contributed by atoms with van der Waals surface area (Å²) in [6.45, 7) is 2.88. The highest BCUT2D eigenvalue weighted by molar-refractivity contribution is 5.83. The fourth-order valence-corrected chi connectivity index (χ4v) is 2.83. The first kappa shape index (κ1) is 16.6. The third-order valence-corrected chi connectivity index (χ3v) is 4.17. The van der Waals surface area contributed by atoms with Crippen molar-refractivity contribution >= 4 is 16.8 Å².